The molecule has 0 aliphatic heterocycles. The SMILES string of the molecule is COc1cc(NC2CCCC2)ccc1[N+](=O)[O-]. The highest BCUT2D eigenvalue weighted by Crippen LogP contribution is 2.31. The Hall–Kier alpha value is -1.78. The molecule has 0 saturated heterocycles. The molecular formula is C12H16N2O3. The summed E-state index contributed by atoms with van der Waals surface area (Å²) < 4.78 is 5.03. The standard InChI is InChI=1S/C12H16N2O3/c1-17-12-8-10(6-7-11(12)14(15)16)13-9-4-2-3-5-9/h6-9,13H,2-5H2,1H3. The molecular weight excluding hydrogens is 220 g/mol. The minimum Gasteiger partial charge on any atom is -0.490 e. The third-order valence-corrected chi connectivity index (χ3v) is 3.10. The van der Waals surface area contributed by atoms with Gasteiger partial charge >= 0.3 is 5.69 Å². The van der Waals surface area contributed by atoms with E-state index in [-0.39, 0.29) is 5.69 Å². The van der Waals surface area contributed by atoms with Crippen LogP contribution in [0.1, 0.15) is 25.7 Å². The van der Waals surface area contributed by atoms with Gasteiger partial charge in [-0.2, -0.15) is 0 Å². The fourth-order valence-electron chi connectivity index (χ4n) is 2.22. The second-order valence-corrected chi connectivity index (χ2v) is 4.27. The van der Waals surface area contributed by atoms with Crippen molar-refractivity contribution in [1.82, 2.24) is 0 Å². The molecule has 92 valence electrons. The van der Waals surface area contributed by atoms with Gasteiger partial charge in [0.1, 0.15) is 0 Å². The molecule has 1 aromatic carbocycles. The number of nitro benzene ring substituents is 1. The molecule has 0 heterocycles. The molecule has 0 bridgehead atoms. The number of ether oxygens (including phenoxy) is 1. The van der Waals surface area contributed by atoms with Crippen molar-refractivity contribution in [2.75, 3.05) is 12.4 Å². The van der Waals surface area contributed by atoms with Gasteiger partial charge in [0.2, 0.25) is 0 Å². The van der Waals surface area contributed by atoms with Crippen LogP contribution in [0.25, 0.3) is 0 Å². The summed E-state index contributed by atoms with van der Waals surface area (Å²) in [6, 6.07) is 5.40. The average Bonchev–Trinajstić information content (AvgIpc) is 2.81. The van der Waals surface area contributed by atoms with Crippen LogP contribution in [-0.2, 0) is 0 Å². The van der Waals surface area contributed by atoms with E-state index in [4.69, 9.17) is 4.74 Å². The summed E-state index contributed by atoms with van der Waals surface area (Å²) in [5.74, 6) is 0.304. The van der Waals surface area contributed by atoms with Gasteiger partial charge in [0.25, 0.3) is 0 Å². The molecule has 0 atom stereocenters. The number of anilines is 1. The van der Waals surface area contributed by atoms with Crippen LogP contribution in [0.4, 0.5) is 11.4 Å². The lowest BCUT2D eigenvalue weighted by Crippen LogP contribution is -2.14. The molecule has 0 unspecified atom stereocenters. The first kappa shape index (κ1) is 11.7. The van der Waals surface area contributed by atoms with Gasteiger partial charge in [0, 0.05) is 23.9 Å². The zero-order chi connectivity index (χ0) is 12.3. The molecule has 5 nitrogen and oxygen atoms in total. The van der Waals surface area contributed by atoms with Gasteiger partial charge < -0.3 is 10.1 Å². The van der Waals surface area contributed by atoms with E-state index in [1.165, 1.54) is 38.9 Å². The Morgan fingerprint density at radius 2 is 2.12 bits per heavy atom. The minimum absolute atomic E-state index is 0.00414. The fraction of sp³-hybridized carbons (Fsp3) is 0.500. The Labute approximate surface area is 99.9 Å². The molecule has 2 rings (SSSR count). The van der Waals surface area contributed by atoms with Gasteiger partial charge in [-0.15, -0.1) is 0 Å². The Bertz CT molecular complexity index is 414. The van der Waals surface area contributed by atoms with E-state index in [9.17, 15) is 10.1 Å². The minimum atomic E-state index is -0.432. The van der Waals surface area contributed by atoms with E-state index in [0.717, 1.165) is 5.69 Å². The van der Waals surface area contributed by atoms with Crippen LogP contribution >= 0.6 is 0 Å². The summed E-state index contributed by atoms with van der Waals surface area (Å²) >= 11 is 0. The van der Waals surface area contributed by atoms with Crippen LogP contribution in [0.3, 0.4) is 0 Å². The highest BCUT2D eigenvalue weighted by Gasteiger charge is 2.18. The van der Waals surface area contributed by atoms with Crippen molar-refractivity contribution in [3.05, 3.63) is 28.3 Å². The highest BCUT2D eigenvalue weighted by molar-refractivity contribution is 5.58. The zero-order valence-corrected chi connectivity index (χ0v) is 9.81. The quantitative estimate of drug-likeness (QED) is 0.644. The number of benzene rings is 1. The number of methoxy groups -OCH3 is 1. The summed E-state index contributed by atoms with van der Waals surface area (Å²) in [6.07, 6.45) is 4.84. The molecule has 1 fully saturated rings. The number of rotatable bonds is 4. The van der Waals surface area contributed by atoms with Crippen molar-refractivity contribution in [1.29, 1.82) is 0 Å². The maximum Gasteiger partial charge on any atom is 0.311 e. The third kappa shape index (κ3) is 2.67. The van der Waals surface area contributed by atoms with E-state index >= 15 is 0 Å². The lowest BCUT2D eigenvalue weighted by Gasteiger charge is -2.14. The van der Waals surface area contributed by atoms with Crippen molar-refractivity contribution in [2.45, 2.75) is 31.7 Å². The molecule has 0 amide bonds. The first-order valence-electron chi connectivity index (χ1n) is 5.79. The smallest absolute Gasteiger partial charge is 0.311 e. The topological polar surface area (TPSA) is 64.4 Å². The lowest BCUT2D eigenvalue weighted by molar-refractivity contribution is -0.385. The summed E-state index contributed by atoms with van der Waals surface area (Å²) in [5, 5.41) is 14.1. The molecule has 0 radical (unpaired) electrons. The van der Waals surface area contributed by atoms with Crippen molar-refractivity contribution in [2.24, 2.45) is 0 Å². The monoisotopic (exact) mass is 236 g/mol. The van der Waals surface area contributed by atoms with E-state index in [1.54, 1.807) is 12.1 Å². The van der Waals surface area contributed by atoms with Gasteiger partial charge in [-0.05, 0) is 18.9 Å². The first-order chi connectivity index (χ1) is 8.20. The second-order valence-electron chi connectivity index (χ2n) is 4.27. The van der Waals surface area contributed by atoms with E-state index in [2.05, 4.69) is 5.32 Å². The van der Waals surface area contributed by atoms with E-state index in [0.29, 0.717) is 11.8 Å². The number of hydrogen-bond donors (Lipinski definition) is 1. The maximum atomic E-state index is 10.7. The normalized spacial score (nSPS) is 15.8. The van der Waals surface area contributed by atoms with Crippen LogP contribution in [0.2, 0.25) is 0 Å². The Morgan fingerprint density at radius 3 is 2.71 bits per heavy atom. The van der Waals surface area contributed by atoms with Crippen LogP contribution in [-0.4, -0.2) is 18.1 Å². The zero-order valence-electron chi connectivity index (χ0n) is 9.81. The molecule has 0 spiro atoms. The van der Waals surface area contributed by atoms with Gasteiger partial charge in [-0.25, -0.2) is 0 Å². The predicted octanol–water partition coefficient (Wildman–Crippen LogP) is 2.96. The molecule has 1 saturated carbocycles. The summed E-state index contributed by atoms with van der Waals surface area (Å²) in [6.45, 7) is 0. The number of nitrogens with one attached hydrogen (secondary N) is 1. The summed E-state index contributed by atoms with van der Waals surface area (Å²) in [7, 11) is 1.45. The van der Waals surface area contributed by atoms with Crippen LogP contribution in [0, 0.1) is 10.1 Å². The van der Waals surface area contributed by atoms with Crippen molar-refractivity contribution >= 4 is 11.4 Å². The van der Waals surface area contributed by atoms with Crippen LogP contribution < -0.4 is 10.1 Å². The van der Waals surface area contributed by atoms with E-state index < -0.39 is 4.92 Å². The number of nitrogens with zero attached hydrogens (tertiary/aromatic N) is 1. The molecule has 5 heteroatoms. The van der Waals surface area contributed by atoms with Gasteiger partial charge in [0.15, 0.2) is 5.75 Å². The third-order valence-electron chi connectivity index (χ3n) is 3.10. The Balaban J connectivity index is 2.15. The second kappa shape index (κ2) is 5.03. The number of hydrogen-bond acceptors (Lipinski definition) is 4. The largest absolute Gasteiger partial charge is 0.490 e. The Kier molecular flexibility index (Phi) is 3.46. The van der Waals surface area contributed by atoms with Crippen molar-refractivity contribution in [3.8, 4) is 5.75 Å². The van der Waals surface area contributed by atoms with Crippen LogP contribution in [0.15, 0.2) is 18.2 Å². The lowest BCUT2D eigenvalue weighted by atomic mass is 10.2. The first-order valence-corrected chi connectivity index (χ1v) is 5.79. The Morgan fingerprint density at radius 1 is 1.41 bits per heavy atom. The molecule has 1 aliphatic carbocycles. The number of nitro groups is 1. The van der Waals surface area contributed by atoms with Crippen molar-refractivity contribution in [3.63, 3.8) is 0 Å². The molecule has 1 aliphatic rings. The molecule has 1 aromatic rings. The average molecular weight is 236 g/mol. The predicted molar refractivity (Wildman–Crippen MR) is 65.5 cm³/mol. The fourth-order valence-corrected chi connectivity index (χ4v) is 2.22. The van der Waals surface area contributed by atoms with Gasteiger partial charge in [-0.3, -0.25) is 10.1 Å². The summed E-state index contributed by atoms with van der Waals surface area (Å²) in [5.41, 5.74) is 0.892. The van der Waals surface area contributed by atoms with Crippen LogP contribution in [0.5, 0.6) is 5.75 Å². The highest BCUT2D eigenvalue weighted by atomic mass is 16.6. The van der Waals surface area contributed by atoms with E-state index in [1.807, 2.05) is 0 Å². The molecule has 0 aromatic heterocycles. The van der Waals surface area contributed by atoms with Gasteiger partial charge in [0.05, 0.1) is 12.0 Å². The van der Waals surface area contributed by atoms with Gasteiger partial charge in [-0.1, -0.05) is 12.8 Å². The maximum absolute atomic E-state index is 10.7. The molecule has 1 N–H and O–H groups in total. The molecule has 17 heavy (non-hydrogen) atoms. The van der Waals surface area contributed by atoms with Crippen molar-refractivity contribution < 1.29 is 9.66 Å². The summed E-state index contributed by atoms with van der Waals surface area (Å²) in [4.78, 5) is 10.3.